The Labute approximate surface area is 232 Å². The molecule has 3 aromatic heterocycles. The van der Waals surface area contributed by atoms with Crippen molar-refractivity contribution < 1.29 is 27.5 Å². The number of amides is 1. The second-order valence-electron chi connectivity index (χ2n) is 11.1. The van der Waals surface area contributed by atoms with Crippen molar-refractivity contribution >= 4 is 45.4 Å². The highest BCUT2D eigenvalue weighted by atomic mass is 32.1. The molecule has 0 saturated heterocycles. The monoisotopic (exact) mass is 580 g/mol. The van der Waals surface area contributed by atoms with Gasteiger partial charge < -0.3 is 15.4 Å². The molecule has 5 rings (SSSR count). The van der Waals surface area contributed by atoms with Crippen LogP contribution in [0.15, 0.2) is 23.6 Å². The number of hydrogen-bond acceptors (Lipinski definition) is 7. The van der Waals surface area contributed by atoms with Crippen molar-refractivity contribution in [1.29, 1.82) is 0 Å². The van der Waals surface area contributed by atoms with Gasteiger partial charge in [0.25, 0.3) is 5.91 Å². The lowest BCUT2D eigenvalue weighted by Gasteiger charge is -2.33. The van der Waals surface area contributed by atoms with E-state index in [9.17, 15) is 22.8 Å². The summed E-state index contributed by atoms with van der Waals surface area (Å²) in [5, 5.41) is 12.1. The van der Waals surface area contributed by atoms with E-state index in [0.29, 0.717) is 22.9 Å². The Bertz CT molecular complexity index is 1370. The first-order valence-corrected chi connectivity index (χ1v) is 14.7. The van der Waals surface area contributed by atoms with E-state index in [1.807, 2.05) is 5.38 Å². The van der Waals surface area contributed by atoms with E-state index in [2.05, 4.69) is 36.5 Å². The second-order valence-corrected chi connectivity index (χ2v) is 13.1. The predicted octanol–water partition coefficient (Wildman–Crippen LogP) is 7.25. The van der Waals surface area contributed by atoms with Gasteiger partial charge in [0.15, 0.2) is 11.7 Å². The Hall–Kier alpha value is -2.86. The molecule has 0 bridgehead atoms. The third kappa shape index (κ3) is 5.45. The van der Waals surface area contributed by atoms with Gasteiger partial charge in [0.1, 0.15) is 10.8 Å². The minimum absolute atomic E-state index is 0.0910. The third-order valence-corrected chi connectivity index (χ3v) is 9.66. The lowest BCUT2D eigenvalue weighted by atomic mass is 9.72. The largest absolute Gasteiger partial charge is 0.462 e. The molecule has 1 aliphatic carbocycles. The van der Waals surface area contributed by atoms with Gasteiger partial charge in [0.2, 0.25) is 0 Å². The van der Waals surface area contributed by atoms with Gasteiger partial charge in [-0.3, -0.25) is 4.79 Å². The van der Waals surface area contributed by atoms with Crippen molar-refractivity contribution in [3.63, 3.8) is 0 Å². The summed E-state index contributed by atoms with van der Waals surface area (Å²) in [4.78, 5) is 28.1. The van der Waals surface area contributed by atoms with Crippen molar-refractivity contribution in [2.45, 2.75) is 71.6 Å². The maximum atomic E-state index is 14.0. The van der Waals surface area contributed by atoms with E-state index in [4.69, 9.17) is 4.74 Å². The van der Waals surface area contributed by atoms with Crippen molar-refractivity contribution in [2.75, 3.05) is 17.2 Å². The van der Waals surface area contributed by atoms with Crippen molar-refractivity contribution in [3.8, 4) is 0 Å². The average molecular weight is 581 g/mol. The van der Waals surface area contributed by atoms with Gasteiger partial charge >= 0.3 is 12.1 Å². The molecule has 0 radical (unpaired) electrons. The maximum absolute atomic E-state index is 14.0. The first kappa shape index (κ1) is 27.7. The molecule has 0 saturated carbocycles. The summed E-state index contributed by atoms with van der Waals surface area (Å²) < 4.78 is 48.2. The van der Waals surface area contributed by atoms with Gasteiger partial charge in [-0.05, 0) is 54.5 Å². The molecule has 210 valence electrons. The molecule has 0 unspecified atom stereocenters. The highest BCUT2D eigenvalue weighted by molar-refractivity contribution is 7.17. The number of ether oxygens (including phenoxy) is 1. The van der Waals surface area contributed by atoms with Crippen LogP contribution in [-0.2, 0) is 17.6 Å². The van der Waals surface area contributed by atoms with Gasteiger partial charge in [0.05, 0.1) is 18.2 Å². The topological polar surface area (TPSA) is 85.2 Å². The summed E-state index contributed by atoms with van der Waals surface area (Å²) in [5.74, 6) is -0.648. The van der Waals surface area contributed by atoms with Gasteiger partial charge in [-0.15, -0.1) is 22.7 Å². The average Bonchev–Trinajstić information content (AvgIpc) is 3.59. The third-order valence-electron chi connectivity index (χ3n) is 7.51. The quantitative estimate of drug-likeness (QED) is 0.311. The molecule has 39 heavy (non-hydrogen) atoms. The van der Waals surface area contributed by atoms with Crippen LogP contribution in [0, 0.1) is 11.3 Å². The van der Waals surface area contributed by atoms with Crippen molar-refractivity contribution in [3.05, 3.63) is 50.2 Å². The second kappa shape index (κ2) is 10.3. The number of nitrogens with one attached hydrogen (secondary N) is 2. The van der Waals surface area contributed by atoms with Crippen LogP contribution in [0.2, 0.25) is 0 Å². The van der Waals surface area contributed by atoms with E-state index < -0.39 is 30.1 Å². The Kier molecular flexibility index (Phi) is 7.30. The molecule has 3 aromatic rings. The Morgan fingerprint density at radius 1 is 1.28 bits per heavy atom. The van der Waals surface area contributed by atoms with E-state index in [-0.39, 0.29) is 30.0 Å². The fourth-order valence-electron chi connectivity index (χ4n) is 5.36. The van der Waals surface area contributed by atoms with Gasteiger partial charge in [-0.1, -0.05) is 26.8 Å². The van der Waals surface area contributed by atoms with Gasteiger partial charge in [-0.25, -0.2) is 9.48 Å². The summed E-state index contributed by atoms with van der Waals surface area (Å²) in [6.45, 7) is 8.48. The number of carbonyl (C=O) groups is 2. The zero-order chi connectivity index (χ0) is 28.1. The molecule has 7 nitrogen and oxygen atoms in total. The number of esters is 1. The van der Waals surface area contributed by atoms with Crippen LogP contribution in [0.3, 0.4) is 0 Å². The minimum Gasteiger partial charge on any atom is -0.462 e. The first-order valence-electron chi connectivity index (χ1n) is 13.0. The van der Waals surface area contributed by atoms with Crippen molar-refractivity contribution in [1.82, 2.24) is 9.78 Å². The molecule has 1 aliphatic heterocycles. The Morgan fingerprint density at radius 3 is 2.69 bits per heavy atom. The van der Waals surface area contributed by atoms with Gasteiger partial charge in [0, 0.05) is 22.2 Å². The first-order chi connectivity index (χ1) is 18.4. The van der Waals surface area contributed by atoms with Crippen molar-refractivity contribution in [2.24, 2.45) is 11.3 Å². The number of nitrogens with zero attached hydrogens (tertiary/aromatic N) is 2. The molecule has 4 heterocycles. The zero-order valence-corrected chi connectivity index (χ0v) is 23.8. The lowest BCUT2D eigenvalue weighted by Crippen LogP contribution is -2.35. The number of anilines is 2. The van der Waals surface area contributed by atoms with Crippen LogP contribution in [0.5, 0.6) is 0 Å². The maximum Gasteiger partial charge on any atom is 0.410 e. The predicted molar refractivity (Wildman–Crippen MR) is 146 cm³/mol. The van der Waals surface area contributed by atoms with Crippen LogP contribution >= 0.6 is 22.7 Å². The smallest absolute Gasteiger partial charge is 0.410 e. The number of carbonyl (C=O) groups excluding carboxylic acids is 2. The number of thiophene rings is 2. The highest BCUT2D eigenvalue weighted by Crippen LogP contribution is 2.46. The number of hydrogen-bond donors (Lipinski definition) is 2. The summed E-state index contributed by atoms with van der Waals surface area (Å²) in [7, 11) is 0. The minimum atomic E-state index is -4.54. The molecule has 0 spiro atoms. The molecule has 3 atom stereocenters. The number of fused-ring (bicyclic) bond motifs is 2. The van der Waals surface area contributed by atoms with E-state index >= 15 is 0 Å². The lowest BCUT2D eigenvalue weighted by molar-refractivity contribution is -0.173. The standard InChI is InChI=1S/C27H31F3N4O3S2/c1-5-37-25(36)22-15-9-8-14(26(2,3)4)11-19(15)39-24(22)32-23(35)17-13-21-31-16(18-7-6-10-38-18)12-20(27(28,29)30)34(21)33-17/h6-7,10,13-14,16,20,31H,5,8-9,11-12H2,1-4H3,(H,32,35)/t14-,16-,20+/m1/s1. The van der Waals surface area contributed by atoms with Gasteiger partial charge in [-0.2, -0.15) is 18.3 Å². The van der Waals surface area contributed by atoms with Crippen LogP contribution in [0.1, 0.15) is 88.8 Å². The summed E-state index contributed by atoms with van der Waals surface area (Å²) in [5.41, 5.74) is 1.15. The van der Waals surface area contributed by atoms with Crippen LogP contribution in [0.25, 0.3) is 0 Å². The van der Waals surface area contributed by atoms with E-state index in [1.165, 1.54) is 28.7 Å². The number of aromatic nitrogens is 2. The van der Waals surface area contributed by atoms with E-state index in [0.717, 1.165) is 32.8 Å². The normalized spacial score (nSPS) is 21.1. The molecule has 2 aliphatic rings. The number of alkyl halides is 3. The molecule has 0 fully saturated rings. The zero-order valence-electron chi connectivity index (χ0n) is 22.1. The van der Waals surface area contributed by atoms with E-state index in [1.54, 1.807) is 19.1 Å². The molecular formula is C27H31F3N4O3S2. The fourth-order valence-corrected chi connectivity index (χ4v) is 7.46. The fraction of sp³-hybridized carbons (Fsp3) is 0.519. The molecular weight excluding hydrogens is 549 g/mol. The SMILES string of the molecule is CCOC(=O)c1c(NC(=O)c2cc3n(n2)[C@H](C(F)(F)F)C[C@H](c2cccs2)N3)sc2c1CC[C@@H](C(C)(C)C)C2. The highest BCUT2D eigenvalue weighted by Gasteiger charge is 2.47. The molecule has 0 aromatic carbocycles. The van der Waals surface area contributed by atoms with Crippen LogP contribution < -0.4 is 10.6 Å². The summed E-state index contributed by atoms with van der Waals surface area (Å²) >= 11 is 2.71. The summed E-state index contributed by atoms with van der Waals surface area (Å²) in [6, 6.07) is 2.49. The molecule has 12 heteroatoms. The Morgan fingerprint density at radius 2 is 2.05 bits per heavy atom. The molecule has 2 N–H and O–H groups in total. The van der Waals surface area contributed by atoms with Crippen LogP contribution in [0.4, 0.5) is 24.0 Å². The number of rotatable bonds is 5. The molecule has 1 amide bonds. The summed E-state index contributed by atoms with van der Waals surface area (Å²) in [6.07, 6.45) is -2.39. The number of halogens is 3. The van der Waals surface area contributed by atoms with Crippen LogP contribution in [-0.4, -0.2) is 34.4 Å². The Balaban J connectivity index is 1.45.